The van der Waals surface area contributed by atoms with Crippen LogP contribution in [0.25, 0.3) is 15.9 Å². The lowest BCUT2D eigenvalue weighted by Crippen LogP contribution is -2.25. The lowest BCUT2D eigenvalue weighted by atomic mass is 10.2. The van der Waals surface area contributed by atoms with E-state index in [0.717, 1.165) is 21.5 Å². The van der Waals surface area contributed by atoms with Crippen LogP contribution in [0.4, 0.5) is 5.13 Å². The van der Waals surface area contributed by atoms with Crippen LogP contribution < -0.4 is 15.4 Å². The number of carbonyl (C=O) groups is 2. The van der Waals surface area contributed by atoms with Crippen molar-refractivity contribution in [2.45, 2.75) is 18.6 Å². The zero-order valence-electron chi connectivity index (χ0n) is 20.7. The monoisotopic (exact) mass is 544 g/mol. The second-order valence-electron chi connectivity index (χ2n) is 8.28. The van der Waals surface area contributed by atoms with E-state index in [1.165, 1.54) is 30.2 Å². The van der Waals surface area contributed by atoms with E-state index < -0.39 is 0 Å². The molecule has 5 aromatic rings. The molecule has 0 bridgehead atoms. The van der Waals surface area contributed by atoms with Crippen molar-refractivity contribution < 1.29 is 14.3 Å². The number of amides is 2. The van der Waals surface area contributed by atoms with E-state index in [-0.39, 0.29) is 24.1 Å². The van der Waals surface area contributed by atoms with Crippen molar-refractivity contribution in [2.75, 3.05) is 18.2 Å². The first-order chi connectivity index (χ1) is 18.5. The third-order valence-corrected chi connectivity index (χ3v) is 7.47. The normalized spacial score (nSPS) is 10.9. The van der Waals surface area contributed by atoms with Gasteiger partial charge in [-0.2, -0.15) is 0 Å². The molecule has 2 heterocycles. The van der Waals surface area contributed by atoms with Crippen LogP contribution in [-0.2, 0) is 11.3 Å². The van der Waals surface area contributed by atoms with E-state index >= 15 is 0 Å². The van der Waals surface area contributed by atoms with Crippen molar-refractivity contribution in [3.8, 4) is 11.4 Å². The molecule has 2 N–H and O–H groups in total. The standard InChI is InChI=1S/C27H24N6O3S2/c1-17-8-7-9-18(14-17)33-23(15-28-25(35)19-10-3-5-12-21(19)36-2)31-32-27(33)37-16-24(34)30-26-29-20-11-4-6-13-22(20)38-26/h3-14H,15-16H2,1-2H3,(H,28,35)(H,29,30,34). The van der Waals surface area contributed by atoms with Crippen LogP contribution in [0.2, 0.25) is 0 Å². The molecule has 0 aliphatic rings. The van der Waals surface area contributed by atoms with Gasteiger partial charge in [0.2, 0.25) is 5.91 Å². The van der Waals surface area contributed by atoms with E-state index in [9.17, 15) is 9.59 Å². The molecule has 2 amide bonds. The highest BCUT2D eigenvalue weighted by molar-refractivity contribution is 7.99. The van der Waals surface area contributed by atoms with Crippen molar-refractivity contribution in [3.05, 3.63) is 89.7 Å². The van der Waals surface area contributed by atoms with Crippen LogP contribution in [0.3, 0.4) is 0 Å². The molecule has 0 atom stereocenters. The number of nitrogens with zero attached hydrogens (tertiary/aromatic N) is 4. The maximum Gasteiger partial charge on any atom is 0.255 e. The number of hydrogen-bond acceptors (Lipinski definition) is 8. The van der Waals surface area contributed by atoms with Crippen LogP contribution >= 0.6 is 23.1 Å². The Labute approximate surface area is 227 Å². The highest BCUT2D eigenvalue weighted by Crippen LogP contribution is 2.27. The first-order valence-corrected chi connectivity index (χ1v) is 13.5. The van der Waals surface area contributed by atoms with Crippen LogP contribution in [0, 0.1) is 6.92 Å². The largest absolute Gasteiger partial charge is 0.496 e. The number of aromatic nitrogens is 4. The first-order valence-electron chi connectivity index (χ1n) is 11.7. The van der Waals surface area contributed by atoms with Gasteiger partial charge in [-0.25, -0.2) is 4.98 Å². The fourth-order valence-electron chi connectivity index (χ4n) is 3.83. The maximum absolute atomic E-state index is 12.8. The van der Waals surface area contributed by atoms with Gasteiger partial charge in [0.25, 0.3) is 5.91 Å². The van der Waals surface area contributed by atoms with Gasteiger partial charge in [-0.3, -0.25) is 14.2 Å². The van der Waals surface area contributed by atoms with E-state index in [4.69, 9.17) is 4.74 Å². The summed E-state index contributed by atoms with van der Waals surface area (Å²) in [7, 11) is 1.52. The number of ether oxygens (including phenoxy) is 1. The average molecular weight is 545 g/mol. The molecular weight excluding hydrogens is 520 g/mol. The number of anilines is 1. The Kier molecular flexibility index (Phi) is 7.66. The van der Waals surface area contributed by atoms with Gasteiger partial charge in [0.15, 0.2) is 16.1 Å². The minimum Gasteiger partial charge on any atom is -0.496 e. The summed E-state index contributed by atoms with van der Waals surface area (Å²) < 4.78 is 8.16. The summed E-state index contributed by atoms with van der Waals surface area (Å²) in [5.74, 6) is 0.658. The molecule has 0 unspecified atom stereocenters. The minimum absolute atomic E-state index is 0.118. The molecule has 0 fully saturated rings. The Morgan fingerprint density at radius 2 is 1.84 bits per heavy atom. The molecule has 38 heavy (non-hydrogen) atoms. The molecule has 0 aliphatic heterocycles. The molecule has 0 radical (unpaired) electrons. The molecule has 11 heteroatoms. The van der Waals surface area contributed by atoms with Crippen LogP contribution in [0.5, 0.6) is 5.75 Å². The zero-order valence-corrected chi connectivity index (χ0v) is 22.3. The quantitative estimate of drug-likeness (QED) is 0.255. The summed E-state index contributed by atoms with van der Waals surface area (Å²) in [6, 6.07) is 22.6. The molecule has 0 saturated carbocycles. The molecule has 3 aromatic carbocycles. The van der Waals surface area contributed by atoms with E-state index in [1.54, 1.807) is 24.3 Å². The van der Waals surface area contributed by atoms with Gasteiger partial charge >= 0.3 is 0 Å². The lowest BCUT2D eigenvalue weighted by molar-refractivity contribution is -0.113. The number of nitrogens with one attached hydrogen (secondary N) is 2. The minimum atomic E-state index is -0.286. The molecule has 0 aliphatic carbocycles. The fourth-order valence-corrected chi connectivity index (χ4v) is 5.49. The van der Waals surface area contributed by atoms with Crippen LogP contribution in [0.15, 0.2) is 78.0 Å². The predicted molar refractivity (Wildman–Crippen MR) is 149 cm³/mol. The maximum atomic E-state index is 12.8. The molecule has 2 aromatic heterocycles. The predicted octanol–water partition coefficient (Wildman–Crippen LogP) is 4.85. The second-order valence-corrected chi connectivity index (χ2v) is 10.3. The van der Waals surface area contributed by atoms with E-state index in [2.05, 4.69) is 25.8 Å². The number of thiazole rings is 1. The number of rotatable bonds is 9. The van der Waals surface area contributed by atoms with Gasteiger partial charge in [0.1, 0.15) is 5.75 Å². The van der Waals surface area contributed by atoms with Crippen molar-refractivity contribution in [1.82, 2.24) is 25.1 Å². The Bertz CT molecular complexity index is 1580. The third kappa shape index (κ3) is 5.68. The average Bonchev–Trinajstić information content (AvgIpc) is 3.53. The highest BCUT2D eigenvalue weighted by atomic mass is 32.2. The van der Waals surface area contributed by atoms with Gasteiger partial charge in [0, 0.05) is 5.69 Å². The topological polar surface area (TPSA) is 111 Å². The van der Waals surface area contributed by atoms with E-state index in [1.807, 2.05) is 60.0 Å². The van der Waals surface area contributed by atoms with Gasteiger partial charge in [-0.15, -0.1) is 10.2 Å². The van der Waals surface area contributed by atoms with Gasteiger partial charge in [-0.1, -0.05) is 59.5 Å². The number of aryl methyl sites for hydroxylation is 1. The Morgan fingerprint density at radius 3 is 2.66 bits per heavy atom. The zero-order chi connectivity index (χ0) is 26.5. The van der Waals surface area contributed by atoms with Gasteiger partial charge < -0.3 is 15.4 Å². The number of para-hydroxylation sites is 2. The number of fused-ring (bicyclic) bond motifs is 1. The molecule has 5 rings (SSSR count). The summed E-state index contributed by atoms with van der Waals surface area (Å²) in [6.07, 6.45) is 0. The summed E-state index contributed by atoms with van der Waals surface area (Å²) >= 11 is 2.69. The van der Waals surface area contributed by atoms with Crippen molar-refractivity contribution in [2.24, 2.45) is 0 Å². The van der Waals surface area contributed by atoms with Gasteiger partial charge in [-0.05, 0) is 48.9 Å². The lowest BCUT2D eigenvalue weighted by Gasteiger charge is -2.12. The molecule has 9 nitrogen and oxygen atoms in total. The summed E-state index contributed by atoms with van der Waals surface area (Å²) in [4.78, 5) is 30.0. The number of methoxy groups -OCH3 is 1. The van der Waals surface area contributed by atoms with Crippen molar-refractivity contribution >= 4 is 50.3 Å². The van der Waals surface area contributed by atoms with Crippen LogP contribution in [0.1, 0.15) is 21.7 Å². The number of carbonyl (C=O) groups excluding carboxylic acids is 2. The Balaban J connectivity index is 1.32. The number of hydrogen-bond donors (Lipinski definition) is 2. The second kappa shape index (κ2) is 11.4. The van der Waals surface area contributed by atoms with Crippen molar-refractivity contribution in [1.29, 1.82) is 0 Å². The molecule has 0 spiro atoms. The number of thioether (sulfide) groups is 1. The van der Waals surface area contributed by atoms with Crippen molar-refractivity contribution in [3.63, 3.8) is 0 Å². The summed E-state index contributed by atoms with van der Waals surface area (Å²) in [5.41, 5.74) is 3.17. The molecule has 192 valence electrons. The molecule has 0 saturated heterocycles. The smallest absolute Gasteiger partial charge is 0.255 e. The molecular formula is C27H24N6O3S2. The summed E-state index contributed by atoms with van der Waals surface area (Å²) in [5, 5.41) is 15.5. The first kappa shape index (κ1) is 25.4. The summed E-state index contributed by atoms with van der Waals surface area (Å²) in [6.45, 7) is 2.13. The number of benzene rings is 3. The SMILES string of the molecule is COc1ccccc1C(=O)NCc1nnc(SCC(=O)Nc2nc3ccccc3s2)n1-c1cccc(C)c1. The van der Waals surface area contributed by atoms with E-state index in [0.29, 0.717) is 27.4 Å². The Morgan fingerprint density at radius 1 is 1.03 bits per heavy atom. The Hall–Kier alpha value is -4.22. The van der Waals surface area contributed by atoms with Gasteiger partial charge in [0.05, 0.1) is 35.2 Å². The third-order valence-electron chi connectivity index (χ3n) is 5.59. The fraction of sp³-hybridized carbons (Fsp3) is 0.148. The van der Waals surface area contributed by atoms with Crippen LogP contribution in [-0.4, -0.2) is 44.4 Å². The highest BCUT2D eigenvalue weighted by Gasteiger charge is 2.19.